The first-order valence-corrected chi connectivity index (χ1v) is 4.08. The van der Waals surface area contributed by atoms with Gasteiger partial charge < -0.3 is 4.74 Å². The zero-order valence-corrected chi connectivity index (χ0v) is 7.42. The molecule has 0 aliphatic carbocycles. The summed E-state index contributed by atoms with van der Waals surface area (Å²) in [6.07, 6.45) is 1.44. The normalized spacial score (nSPS) is 14.4. The van der Waals surface area contributed by atoms with Crippen LogP contribution in [0.3, 0.4) is 0 Å². The molecule has 0 radical (unpaired) electrons. The van der Waals surface area contributed by atoms with Crippen molar-refractivity contribution in [2.24, 2.45) is 5.10 Å². The molecular weight excluding hydrogens is 166 g/mol. The molecule has 0 bridgehead atoms. The highest BCUT2D eigenvalue weighted by atomic mass is 16.5. The van der Waals surface area contributed by atoms with Crippen molar-refractivity contribution in [2.75, 3.05) is 18.8 Å². The molecule has 2 rings (SSSR count). The summed E-state index contributed by atoms with van der Waals surface area (Å²) in [5.74, 6) is 0. The Labute approximate surface area is 77.0 Å². The van der Waals surface area contributed by atoms with Gasteiger partial charge in [0.1, 0.15) is 0 Å². The summed E-state index contributed by atoms with van der Waals surface area (Å²) in [6.45, 7) is 0.478. The van der Waals surface area contributed by atoms with Gasteiger partial charge in [-0.25, -0.2) is 0 Å². The van der Waals surface area contributed by atoms with Gasteiger partial charge in [0.25, 0.3) is 0 Å². The number of hydrazone groups is 1. The fraction of sp³-hybridized carbons (Fsp3) is 0.222. The van der Waals surface area contributed by atoms with Crippen LogP contribution in [0.5, 0.6) is 0 Å². The number of ether oxygens (including phenoxy) is 1. The molecular formula is C9H11N3O. The van der Waals surface area contributed by atoms with E-state index in [0.717, 1.165) is 5.69 Å². The Morgan fingerprint density at radius 2 is 2.15 bits per heavy atom. The number of rotatable bonds is 2. The second-order valence-corrected chi connectivity index (χ2v) is 2.75. The van der Waals surface area contributed by atoms with E-state index in [4.69, 9.17) is 4.74 Å². The molecule has 1 aliphatic rings. The second-order valence-electron chi connectivity index (χ2n) is 2.75. The molecule has 1 heterocycles. The average molecular weight is 177 g/mol. The summed E-state index contributed by atoms with van der Waals surface area (Å²) in [6, 6.07) is 10.0. The minimum Gasteiger partial charge on any atom is -0.457 e. The third-order valence-corrected chi connectivity index (χ3v) is 1.92. The second kappa shape index (κ2) is 3.35. The van der Waals surface area contributed by atoms with Crippen LogP contribution >= 0.6 is 0 Å². The molecule has 0 saturated heterocycles. The first-order chi connectivity index (χ1) is 6.38. The van der Waals surface area contributed by atoms with Crippen LogP contribution in [0.2, 0.25) is 0 Å². The molecule has 68 valence electrons. The number of anilines is 1. The van der Waals surface area contributed by atoms with Gasteiger partial charge in [-0.05, 0) is 12.1 Å². The van der Waals surface area contributed by atoms with Gasteiger partial charge in [-0.1, -0.05) is 18.2 Å². The largest absolute Gasteiger partial charge is 0.457 e. The highest BCUT2D eigenvalue weighted by molar-refractivity contribution is 5.49. The monoisotopic (exact) mass is 177 g/mol. The molecule has 1 aromatic carbocycles. The van der Waals surface area contributed by atoms with Crippen LogP contribution in [0.1, 0.15) is 0 Å². The van der Waals surface area contributed by atoms with E-state index >= 15 is 0 Å². The molecule has 1 aromatic rings. The molecule has 0 unspecified atom stereocenters. The van der Waals surface area contributed by atoms with Crippen molar-refractivity contribution < 1.29 is 4.74 Å². The van der Waals surface area contributed by atoms with Crippen LogP contribution in [0.25, 0.3) is 0 Å². The van der Waals surface area contributed by atoms with Crippen LogP contribution in [0.4, 0.5) is 5.69 Å². The lowest BCUT2D eigenvalue weighted by Crippen LogP contribution is -2.34. The van der Waals surface area contributed by atoms with E-state index in [1.807, 2.05) is 42.4 Å². The van der Waals surface area contributed by atoms with Gasteiger partial charge in [-0.2, -0.15) is 5.12 Å². The number of benzene rings is 1. The minimum atomic E-state index is 0.478. The number of hydrazine groups is 1. The smallest absolute Gasteiger partial charge is 0.198 e. The van der Waals surface area contributed by atoms with Gasteiger partial charge in [-0.15, -0.1) is 5.10 Å². The summed E-state index contributed by atoms with van der Waals surface area (Å²) < 4.78 is 4.99. The predicted octanol–water partition coefficient (Wildman–Crippen LogP) is 1.27. The van der Waals surface area contributed by atoms with Crippen molar-refractivity contribution in [2.45, 2.75) is 0 Å². The zero-order chi connectivity index (χ0) is 9.10. The van der Waals surface area contributed by atoms with E-state index in [-0.39, 0.29) is 0 Å². The van der Waals surface area contributed by atoms with Crippen molar-refractivity contribution in [3.05, 3.63) is 30.3 Å². The average Bonchev–Trinajstić information content (AvgIpc) is 2.71. The Kier molecular flexibility index (Phi) is 2.04. The van der Waals surface area contributed by atoms with Gasteiger partial charge >= 0.3 is 0 Å². The third-order valence-electron chi connectivity index (χ3n) is 1.92. The lowest BCUT2D eigenvalue weighted by Gasteiger charge is -2.25. The standard InChI is InChI=1S/C9H11N3O/c1-11(12-8-13-7-10-12)9-5-3-2-4-6-9/h2-7H,8H2,1H3. The Balaban J connectivity index is 2.13. The van der Waals surface area contributed by atoms with E-state index in [9.17, 15) is 0 Å². The van der Waals surface area contributed by atoms with Gasteiger partial charge in [0.2, 0.25) is 0 Å². The van der Waals surface area contributed by atoms with Crippen molar-refractivity contribution in [3.63, 3.8) is 0 Å². The summed E-state index contributed by atoms with van der Waals surface area (Å²) in [7, 11) is 1.95. The fourth-order valence-electron chi connectivity index (χ4n) is 1.16. The lowest BCUT2D eigenvalue weighted by atomic mass is 10.3. The van der Waals surface area contributed by atoms with Gasteiger partial charge in [0.15, 0.2) is 13.1 Å². The SMILES string of the molecule is CN(c1ccccc1)N1COC=N1. The van der Waals surface area contributed by atoms with Crippen LogP contribution in [0, 0.1) is 0 Å². The first kappa shape index (κ1) is 7.91. The van der Waals surface area contributed by atoms with Crippen LogP contribution in [-0.2, 0) is 4.74 Å². The molecule has 0 N–H and O–H groups in total. The van der Waals surface area contributed by atoms with Crippen LogP contribution < -0.4 is 5.01 Å². The molecule has 0 fully saturated rings. The molecule has 1 aliphatic heterocycles. The molecule has 0 amide bonds. The van der Waals surface area contributed by atoms with Gasteiger partial charge in [-0.3, -0.25) is 5.01 Å². The summed E-state index contributed by atoms with van der Waals surface area (Å²) >= 11 is 0. The maximum Gasteiger partial charge on any atom is 0.198 e. The maximum atomic E-state index is 4.99. The summed E-state index contributed by atoms with van der Waals surface area (Å²) in [5.41, 5.74) is 1.09. The van der Waals surface area contributed by atoms with E-state index in [1.165, 1.54) is 6.40 Å². The quantitative estimate of drug-likeness (QED) is 0.681. The molecule has 0 saturated carbocycles. The number of para-hydroxylation sites is 1. The highest BCUT2D eigenvalue weighted by Crippen LogP contribution is 2.14. The number of nitrogens with zero attached hydrogens (tertiary/aromatic N) is 3. The number of hydrogen-bond donors (Lipinski definition) is 0. The Bertz CT molecular complexity index is 299. The Morgan fingerprint density at radius 3 is 2.77 bits per heavy atom. The van der Waals surface area contributed by atoms with Gasteiger partial charge in [0.05, 0.1) is 5.69 Å². The molecule has 4 heteroatoms. The van der Waals surface area contributed by atoms with E-state index in [2.05, 4.69) is 5.10 Å². The van der Waals surface area contributed by atoms with Crippen molar-refractivity contribution >= 4 is 12.1 Å². The fourth-order valence-corrected chi connectivity index (χ4v) is 1.16. The molecule has 13 heavy (non-hydrogen) atoms. The highest BCUT2D eigenvalue weighted by Gasteiger charge is 2.12. The third kappa shape index (κ3) is 1.56. The van der Waals surface area contributed by atoms with E-state index in [1.54, 1.807) is 5.12 Å². The summed E-state index contributed by atoms with van der Waals surface area (Å²) in [4.78, 5) is 0. The summed E-state index contributed by atoms with van der Waals surface area (Å²) in [5, 5.41) is 7.70. The molecule has 0 spiro atoms. The lowest BCUT2D eigenvalue weighted by molar-refractivity contribution is 0.165. The topological polar surface area (TPSA) is 28.1 Å². The van der Waals surface area contributed by atoms with Crippen LogP contribution in [-0.4, -0.2) is 25.3 Å². The van der Waals surface area contributed by atoms with Crippen molar-refractivity contribution in [1.82, 2.24) is 5.12 Å². The number of hydrogen-bond acceptors (Lipinski definition) is 4. The molecule has 0 aromatic heterocycles. The van der Waals surface area contributed by atoms with E-state index in [0.29, 0.717) is 6.73 Å². The van der Waals surface area contributed by atoms with Crippen molar-refractivity contribution in [3.8, 4) is 0 Å². The Hall–Kier alpha value is -1.71. The van der Waals surface area contributed by atoms with Crippen LogP contribution in [0.15, 0.2) is 35.4 Å². The minimum absolute atomic E-state index is 0.478. The maximum absolute atomic E-state index is 4.99. The zero-order valence-electron chi connectivity index (χ0n) is 7.42. The van der Waals surface area contributed by atoms with Crippen molar-refractivity contribution in [1.29, 1.82) is 0 Å². The predicted molar refractivity (Wildman–Crippen MR) is 51.1 cm³/mol. The van der Waals surface area contributed by atoms with Gasteiger partial charge in [0, 0.05) is 7.05 Å². The first-order valence-electron chi connectivity index (χ1n) is 4.08. The Morgan fingerprint density at radius 1 is 1.38 bits per heavy atom. The molecule has 4 nitrogen and oxygen atoms in total. The molecule has 0 atom stereocenters. The van der Waals surface area contributed by atoms with E-state index < -0.39 is 0 Å².